The van der Waals surface area contributed by atoms with Crippen molar-refractivity contribution in [3.05, 3.63) is 29.8 Å². The van der Waals surface area contributed by atoms with Gasteiger partial charge in [-0.25, -0.2) is 13.6 Å². The average Bonchev–Trinajstić information content (AvgIpc) is 3.19. The normalized spacial score (nSPS) is 13.7. The van der Waals surface area contributed by atoms with Crippen molar-refractivity contribution < 1.29 is 18.4 Å². The zero-order valence-corrected chi connectivity index (χ0v) is 11.7. The first-order valence-electron chi connectivity index (χ1n) is 6.75. The Morgan fingerprint density at radius 1 is 1.33 bits per heavy atom. The number of urea groups is 1. The van der Waals surface area contributed by atoms with E-state index in [0.717, 1.165) is 29.9 Å². The Bertz CT molecular complexity index is 547. The van der Waals surface area contributed by atoms with E-state index in [1.54, 1.807) is 0 Å². The van der Waals surface area contributed by atoms with Crippen LogP contribution in [0.1, 0.15) is 19.8 Å². The van der Waals surface area contributed by atoms with Crippen LogP contribution in [-0.2, 0) is 4.79 Å². The van der Waals surface area contributed by atoms with Crippen molar-refractivity contribution in [2.75, 3.05) is 18.0 Å². The van der Waals surface area contributed by atoms with E-state index in [1.807, 2.05) is 0 Å². The minimum absolute atomic E-state index is 0.00620. The Morgan fingerprint density at radius 2 is 2.05 bits per heavy atom. The fourth-order valence-electron chi connectivity index (χ4n) is 1.89. The molecule has 0 aromatic heterocycles. The largest absolute Gasteiger partial charge is 0.336 e. The van der Waals surface area contributed by atoms with Crippen LogP contribution in [0.25, 0.3) is 0 Å². The molecular formula is C14H17F2N3O2. The van der Waals surface area contributed by atoms with Crippen molar-refractivity contribution in [3.8, 4) is 0 Å². The van der Waals surface area contributed by atoms with Gasteiger partial charge in [0.25, 0.3) is 0 Å². The number of halogens is 2. The molecule has 21 heavy (non-hydrogen) atoms. The number of anilines is 1. The maximum atomic E-state index is 13.7. The van der Waals surface area contributed by atoms with Gasteiger partial charge in [-0.1, -0.05) is 0 Å². The van der Waals surface area contributed by atoms with Gasteiger partial charge >= 0.3 is 6.03 Å². The molecule has 1 saturated carbocycles. The predicted molar refractivity (Wildman–Crippen MR) is 73.9 cm³/mol. The van der Waals surface area contributed by atoms with Crippen LogP contribution >= 0.6 is 0 Å². The summed E-state index contributed by atoms with van der Waals surface area (Å²) in [6, 6.07) is 2.94. The summed E-state index contributed by atoms with van der Waals surface area (Å²) in [7, 11) is 0. The van der Waals surface area contributed by atoms with E-state index >= 15 is 0 Å². The molecule has 1 aromatic carbocycles. The Balaban J connectivity index is 1.92. The Labute approximate surface area is 121 Å². The van der Waals surface area contributed by atoms with Gasteiger partial charge in [-0.05, 0) is 25.0 Å². The number of carbonyl (C=O) groups excluding carboxylic acids is 2. The third-order valence-electron chi connectivity index (χ3n) is 3.11. The molecule has 1 aliphatic rings. The van der Waals surface area contributed by atoms with Crippen molar-refractivity contribution >= 4 is 17.6 Å². The highest BCUT2D eigenvalue weighted by molar-refractivity contribution is 5.91. The van der Waals surface area contributed by atoms with Crippen molar-refractivity contribution in [3.63, 3.8) is 0 Å². The van der Waals surface area contributed by atoms with Gasteiger partial charge in [0.15, 0.2) is 0 Å². The van der Waals surface area contributed by atoms with Gasteiger partial charge in [0.1, 0.15) is 11.6 Å². The number of nitrogens with zero attached hydrogens (tertiary/aromatic N) is 1. The van der Waals surface area contributed by atoms with Gasteiger partial charge in [-0.2, -0.15) is 0 Å². The lowest BCUT2D eigenvalue weighted by Crippen LogP contribution is -2.42. The molecule has 1 aliphatic carbocycles. The molecule has 7 heteroatoms. The smallest absolute Gasteiger partial charge is 0.315 e. The quantitative estimate of drug-likeness (QED) is 0.870. The number of hydrogen-bond donors (Lipinski definition) is 2. The lowest BCUT2D eigenvalue weighted by Gasteiger charge is -2.22. The van der Waals surface area contributed by atoms with Crippen LogP contribution in [0.4, 0.5) is 19.3 Å². The molecule has 1 aromatic rings. The van der Waals surface area contributed by atoms with Crippen molar-refractivity contribution in [1.29, 1.82) is 0 Å². The van der Waals surface area contributed by atoms with Crippen molar-refractivity contribution in [1.82, 2.24) is 10.6 Å². The molecule has 0 saturated heterocycles. The monoisotopic (exact) mass is 297 g/mol. The van der Waals surface area contributed by atoms with Gasteiger partial charge in [0, 0.05) is 32.1 Å². The van der Waals surface area contributed by atoms with E-state index in [9.17, 15) is 18.4 Å². The third kappa shape index (κ3) is 4.40. The highest BCUT2D eigenvalue weighted by Crippen LogP contribution is 2.20. The number of nitrogens with one attached hydrogen (secondary N) is 2. The molecule has 0 bridgehead atoms. The second-order valence-electron chi connectivity index (χ2n) is 4.94. The molecule has 0 unspecified atom stereocenters. The summed E-state index contributed by atoms with van der Waals surface area (Å²) in [5.41, 5.74) is -0.00620. The summed E-state index contributed by atoms with van der Waals surface area (Å²) < 4.78 is 26.6. The second kappa shape index (κ2) is 6.51. The zero-order chi connectivity index (χ0) is 15.4. The molecule has 1 fully saturated rings. The van der Waals surface area contributed by atoms with Crippen LogP contribution in [0, 0.1) is 11.6 Å². The highest BCUT2D eigenvalue weighted by Gasteiger charge is 2.23. The van der Waals surface area contributed by atoms with Crippen LogP contribution in [0.5, 0.6) is 0 Å². The van der Waals surface area contributed by atoms with E-state index in [1.165, 1.54) is 13.0 Å². The standard InChI is InChI=1S/C14H17F2N3O2/c1-9(20)19(13-5-2-10(15)8-12(13)16)7-6-17-14(21)18-11-3-4-11/h2,5,8,11H,3-4,6-7H2,1H3,(H2,17,18,21). The molecule has 0 radical (unpaired) electrons. The molecule has 5 nitrogen and oxygen atoms in total. The summed E-state index contributed by atoms with van der Waals surface area (Å²) in [5.74, 6) is -1.90. The summed E-state index contributed by atoms with van der Waals surface area (Å²) in [6.07, 6.45) is 1.96. The predicted octanol–water partition coefficient (Wildman–Crippen LogP) is 1.78. The number of benzene rings is 1. The lowest BCUT2D eigenvalue weighted by atomic mass is 10.2. The summed E-state index contributed by atoms with van der Waals surface area (Å²) >= 11 is 0. The summed E-state index contributed by atoms with van der Waals surface area (Å²) in [6.45, 7) is 1.57. The van der Waals surface area contributed by atoms with Crippen LogP contribution in [0.15, 0.2) is 18.2 Å². The summed E-state index contributed by atoms with van der Waals surface area (Å²) in [4.78, 5) is 24.2. The van der Waals surface area contributed by atoms with Gasteiger partial charge in [-0.3, -0.25) is 4.79 Å². The molecule has 3 amide bonds. The molecule has 0 atom stereocenters. The van der Waals surface area contributed by atoms with Crippen molar-refractivity contribution in [2.24, 2.45) is 0 Å². The first-order valence-corrected chi connectivity index (χ1v) is 6.75. The topological polar surface area (TPSA) is 61.4 Å². The third-order valence-corrected chi connectivity index (χ3v) is 3.11. The van der Waals surface area contributed by atoms with Crippen LogP contribution < -0.4 is 15.5 Å². The van der Waals surface area contributed by atoms with E-state index in [-0.39, 0.29) is 36.8 Å². The molecular weight excluding hydrogens is 280 g/mol. The Kier molecular flexibility index (Phi) is 4.72. The van der Waals surface area contributed by atoms with Crippen LogP contribution in [0.2, 0.25) is 0 Å². The minimum Gasteiger partial charge on any atom is -0.336 e. The van der Waals surface area contributed by atoms with E-state index in [2.05, 4.69) is 10.6 Å². The van der Waals surface area contributed by atoms with Gasteiger partial charge in [0.05, 0.1) is 5.69 Å². The number of rotatable bonds is 5. The highest BCUT2D eigenvalue weighted by atomic mass is 19.1. The Hall–Kier alpha value is -2.18. The minimum atomic E-state index is -0.812. The fourth-order valence-corrected chi connectivity index (χ4v) is 1.89. The average molecular weight is 297 g/mol. The van der Waals surface area contributed by atoms with Crippen molar-refractivity contribution in [2.45, 2.75) is 25.8 Å². The van der Waals surface area contributed by atoms with Crippen LogP contribution in [-0.4, -0.2) is 31.1 Å². The molecule has 0 heterocycles. The number of carbonyl (C=O) groups is 2. The first-order chi connectivity index (χ1) is 9.97. The second-order valence-corrected chi connectivity index (χ2v) is 4.94. The van der Waals surface area contributed by atoms with E-state index in [0.29, 0.717) is 0 Å². The van der Waals surface area contributed by atoms with Gasteiger partial charge < -0.3 is 15.5 Å². The fraction of sp³-hybridized carbons (Fsp3) is 0.429. The SMILES string of the molecule is CC(=O)N(CCNC(=O)NC1CC1)c1ccc(F)cc1F. The van der Waals surface area contributed by atoms with Crippen LogP contribution in [0.3, 0.4) is 0 Å². The maximum absolute atomic E-state index is 13.7. The molecule has 0 spiro atoms. The number of hydrogen-bond acceptors (Lipinski definition) is 2. The van der Waals surface area contributed by atoms with Gasteiger partial charge in [0.2, 0.25) is 5.91 Å². The molecule has 2 N–H and O–H groups in total. The lowest BCUT2D eigenvalue weighted by molar-refractivity contribution is -0.116. The number of amides is 3. The zero-order valence-electron chi connectivity index (χ0n) is 11.7. The molecule has 0 aliphatic heterocycles. The van der Waals surface area contributed by atoms with E-state index < -0.39 is 11.6 Å². The molecule has 2 rings (SSSR count). The van der Waals surface area contributed by atoms with E-state index in [4.69, 9.17) is 0 Å². The maximum Gasteiger partial charge on any atom is 0.315 e. The summed E-state index contributed by atoms with van der Waals surface area (Å²) in [5, 5.41) is 5.34. The first kappa shape index (κ1) is 15.2. The molecule has 114 valence electrons. The Morgan fingerprint density at radius 3 is 2.62 bits per heavy atom. The van der Waals surface area contributed by atoms with Gasteiger partial charge in [-0.15, -0.1) is 0 Å².